The summed E-state index contributed by atoms with van der Waals surface area (Å²) in [6.45, 7) is 1.99. The summed E-state index contributed by atoms with van der Waals surface area (Å²) in [6, 6.07) is 15.3. The second-order valence-corrected chi connectivity index (χ2v) is 5.77. The highest BCUT2D eigenvalue weighted by molar-refractivity contribution is 5.90. The number of aromatic nitrogens is 1. The van der Waals surface area contributed by atoms with Gasteiger partial charge in [-0.05, 0) is 36.8 Å². The number of nitrogens with zero attached hydrogens (tertiary/aromatic N) is 1. The summed E-state index contributed by atoms with van der Waals surface area (Å²) in [6.07, 6.45) is 2.43. The largest absolute Gasteiger partial charge is 0.497 e. The number of carbonyl (C=O) groups is 1. The fourth-order valence-electron chi connectivity index (χ4n) is 2.50. The van der Waals surface area contributed by atoms with Crippen LogP contribution < -0.4 is 10.1 Å². The summed E-state index contributed by atoms with van der Waals surface area (Å²) in [5.74, 6) is 1.89. The first-order chi connectivity index (χ1) is 12.1. The molecule has 0 unspecified atom stereocenters. The zero-order valence-electron chi connectivity index (χ0n) is 14.3. The summed E-state index contributed by atoms with van der Waals surface area (Å²) in [5, 5.41) is 2.88. The minimum Gasteiger partial charge on any atom is -0.497 e. The standard InChI is InChI=1S/C20H20N2O3/c1-14-5-3-7-16(11-14)22-19(23)9-10-20-21-13-18(25-20)15-6-4-8-17(12-15)24-2/h3-8,11-13H,9-10H2,1-2H3,(H,22,23). The van der Waals surface area contributed by atoms with Gasteiger partial charge in [-0.25, -0.2) is 4.98 Å². The number of aryl methyl sites for hydroxylation is 2. The minimum absolute atomic E-state index is 0.0632. The molecular weight excluding hydrogens is 316 g/mol. The van der Waals surface area contributed by atoms with Gasteiger partial charge in [0.05, 0.1) is 13.3 Å². The number of carbonyl (C=O) groups excluding carboxylic acids is 1. The Morgan fingerprint density at radius 3 is 2.84 bits per heavy atom. The lowest BCUT2D eigenvalue weighted by molar-refractivity contribution is -0.116. The molecule has 0 bridgehead atoms. The first-order valence-corrected chi connectivity index (χ1v) is 8.10. The number of ether oxygens (including phenoxy) is 1. The van der Waals surface area contributed by atoms with Gasteiger partial charge in [-0.3, -0.25) is 4.79 Å². The second-order valence-electron chi connectivity index (χ2n) is 5.77. The molecule has 3 rings (SSSR count). The van der Waals surface area contributed by atoms with Gasteiger partial charge in [0.1, 0.15) is 5.75 Å². The topological polar surface area (TPSA) is 64.4 Å². The van der Waals surface area contributed by atoms with Crippen LogP contribution in [0.5, 0.6) is 5.75 Å². The van der Waals surface area contributed by atoms with E-state index >= 15 is 0 Å². The zero-order valence-corrected chi connectivity index (χ0v) is 14.3. The number of hydrogen-bond donors (Lipinski definition) is 1. The number of anilines is 1. The van der Waals surface area contributed by atoms with Crippen molar-refractivity contribution in [3.05, 3.63) is 66.2 Å². The molecule has 0 spiro atoms. The maximum atomic E-state index is 12.1. The van der Waals surface area contributed by atoms with Gasteiger partial charge in [-0.2, -0.15) is 0 Å². The van der Waals surface area contributed by atoms with Gasteiger partial charge in [-0.15, -0.1) is 0 Å². The molecule has 25 heavy (non-hydrogen) atoms. The molecule has 3 aromatic rings. The van der Waals surface area contributed by atoms with Crippen LogP contribution in [0.4, 0.5) is 5.69 Å². The molecule has 0 aliphatic heterocycles. The summed E-state index contributed by atoms with van der Waals surface area (Å²) >= 11 is 0. The third-order valence-corrected chi connectivity index (χ3v) is 3.78. The highest BCUT2D eigenvalue weighted by Gasteiger charge is 2.10. The van der Waals surface area contributed by atoms with E-state index in [-0.39, 0.29) is 5.91 Å². The molecule has 0 aliphatic rings. The van der Waals surface area contributed by atoms with Gasteiger partial charge in [0.2, 0.25) is 5.91 Å². The zero-order chi connectivity index (χ0) is 17.6. The molecule has 1 heterocycles. The molecule has 0 fully saturated rings. The van der Waals surface area contributed by atoms with Crippen molar-refractivity contribution < 1.29 is 13.9 Å². The summed E-state index contributed by atoms with van der Waals surface area (Å²) in [7, 11) is 1.62. The van der Waals surface area contributed by atoms with Crippen molar-refractivity contribution in [2.24, 2.45) is 0 Å². The highest BCUT2D eigenvalue weighted by atomic mass is 16.5. The van der Waals surface area contributed by atoms with Crippen LogP contribution >= 0.6 is 0 Å². The van der Waals surface area contributed by atoms with E-state index in [1.54, 1.807) is 13.3 Å². The quantitative estimate of drug-likeness (QED) is 0.731. The van der Waals surface area contributed by atoms with Crippen molar-refractivity contribution >= 4 is 11.6 Å². The van der Waals surface area contributed by atoms with Crippen LogP contribution in [0.2, 0.25) is 0 Å². The van der Waals surface area contributed by atoms with Gasteiger partial charge in [0, 0.05) is 24.1 Å². The van der Waals surface area contributed by atoms with E-state index in [0.29, 0.717) is 24.5 Å². The van der Waals surface area contributed by atoms with Crippen LogP contribution in [0.3, 0.4) is 0 Å². The Hall–Kier alpha value is -3.08. The van der Waals surface area contributed by atoms with Crippen molar-refractivity contribution in [1.82, 2.24) is 4.98 Å². The summed E-state index contributed by atoms with van der Waals surface area (Å²) in [4.78, 5) is 16.3. The predicted molar refractivity (Wildman–Crippen MR) is 96.6 cm³/mol. The molecule has 5 nitrogen and oxygen atoms in total. The first kappa shape index (κ1) is 16.8. The average molecular weight is 336 g/mol. The fraction of sp³-hybridized carbons (Fsp3) is 0.200. The molecular formula is C20H20N2O3. The number of benzene rings is 2. The number of oxazole rings is 1. The molecule has 128 valence electrons. The van der Waals surface area contributed by atoms with E-state index < -0.39 is 0 Å². The number of methoxy groups -OCH3 is 1. The molecule has 2 aromatic carbocycles. The Morgan fingerprint density at radius 1 is 1.20 bits per heavy atom. The minimum atomic E-state index is -0.0632. The van der Waals surface area contributed by atoms with Crippen LogP contribution in [0.1, 0.15) is 17.9 Å². The van der Waals surface area contributed by atoms with Crippen LogP contribution in [0.15, 0.2) is 59.1 Å². The Kier molecular flexibility index (Phi) is 5.14. The molecule has 0 saturated carbocycles. The van der Waals surface area contributed by atoms with E-state index in [2.05, 4.69) is 10.3 Å². The van der Waals surface area contributed by atoms with Crippen molar-refractivity contribution in [3.8, 4) is 17.1 Å². The molecule has 0 atom stereocenters. The SMILES string of the molecule is COc1cccc(-c2cnc(CCC(=O)Nc3cccc(C)c3)o2)c1. The van der Waals surface area contributed by atoms with E-state index in [1.165, 1.54) is 0 Å². The van der Waals surface area contributed by atoms with Gasteiger partial charge in [0.15, 0.2) is 11.7 Å². The Labute approximate surface area is 146 Å². The maximum Gasteiger partial charge on any atom is 0.224 e. The van der Waals surface area contributed by atoms with E-state index in [9.17, 15) is 4.79 Å². The molecule has 0 saturated heterocycles. The van der Waals surface area contributed by atoms with Crippen molar-refractivity contribution in [2.45, 2.75) is 19.8 Å². The van der Waals surface area contributed by atoms with E-state index in [0.717, 1.165) is 22.6 Å². The predicted octanol–water partition coefficient (Wildman–Crippen LogP) is 4.23. The smallest absolute Gasteiger partial charge is 0.224 e. The molecule has 1 amide bonds. The van der Waals surface area contributed by atoms with Gasteiger partial charge >= 0.3 is 0 Å². The van der Waals surface area contributed by atoms with E-state index in [4.69, 9.17) is 9.15 Å². The summed E-state index contributed by atoms with van der Waals surface area (Å²) in [5.41, 5.74) is 2.80. The second kappa shape index (κ2) is 7.66. The first-order valence-electron chi connectivity index (χ1n) is 8.10. The third kappa shape index (κ3) is 4.47. The number of nitrogens with one attached hydrogen (secondary N) is 1. The molecule has 1 aromatic heterocycles. The van der Waals surface area contributed by atoms with E-state index in [1.807, 2.05) is 55.5 Å². The van der Waals surface area contributed by atoms with Crippen LogP contribution in [0.25, 0.3) is 11.3 Å². The number of rotatable bonds is 6. The normalized spacial score (nSPS) is 10.5. The molecule has 0 aliphatic carbocycles. The van der Waals surface area contributed by atoms with Gasteiger partial charge in [0.25, 0.3) is 0 Å². The molecule has 1 N–H and O–H groups in total. The Balaban J connectivity index is 1.59. The molecule has 5 heteroatoms. The van der Waals surface area contributed by atoms with Crippen molar-refractivity contribution in [1.29, 1.82) is 0 Å². The highest BCUT2D eigenvalue weighted by Crippen LogP contribution is 2.24. The molecule has 0 radical (unpaired) electrons. The van der Waals surface area contributed by atoms with Crippen LogP contribution in [0, 0.1) is 6.92 Å². The average Bonchev–Trinajstić information content (AvgIpc) is 3.09. The number of hydrogen-bond acceptors (Lipinski definition) is 4. The van der Waals surface area contributed by atoms with Crippen LogP contribution in [-0.4, -0.2) is 18.0 Å². The van der Waals surface area contributed by atoms with Crippen molar-refractivity contribution in [3.63, 3.8) is 0 Å². The lowest BCUT2D eigenvalue weighted by Gasteiger charge is -2.05. The van der Waals surface area contributed by atoms with Crippen molar-refractivity contribution in [2.75, 3.05) is 12.4 Å². The fourth-order valence-corrected chi connectivity index (χ4v) is 2.50. The number of amides is 1. The monoisotopic (exact) mass is 336 g/mol. The summed E-state index contributed by atoms with van der Waals surface area (Å²) < 4.78 is 11.0. The third-order valence-electron chi connectivity index (χ3n) is 3.78. The lowest BCUT2D eigenvalue weighted by atomic mass is 10.2. The van der Waals surface area contributed by atoms with Gasteiger partial charge in [-0.1, -0.05) is 24.3 Å². The maximum absolute atomic E-state index is 12.1. The van der Waals surface area contributed by atoms with Crippen LogP contribution in [-0.2, 0) is 11.2 Å². The lowest BCUT2D eigenvalue weighted by Crippen LogP contribution is -2.12. The Bertz CT molecular complexity index is 871. The Morgan fingerprint density at radius 2 is 2.04 bits per heavy atom. The van der Waals surface area contributed by atoms with Gasteiger partial charge < -0.3 is 14.5 Å².